The highest BCUT2D eigenvalue weighted by atomic mass is 16.4. The zero-order chi connectivity index (χ0) is 21.5. The summed E-state index contributed by atoms with van der Waals surface area (Å²) in [7, 11) is 0. The third-order valence-electron chi connectivity index (χ3n) is 6.74. The molecule has 2 aromatic heterocycles. The van der Waals surface area contributed by atoms with Crippen LogP contribution in [0.15, 0.2) is 65.5 Å². The SMILES string of the molecule is [C-]#[N+]c1ccc(C2(n3cncc3CN3CCN(c4nc5ccccc5o4)CC3)CC2)cc1. The molecule has 0 spiro atoms. The van der Waals surface area contributed by atoms with E-state index in [2.05, 4.69) is 41.3 Å². The first-order valence-corrected chi connectivity index (χ1v) is 11.1. The standard InChI is InChI=1S/C25H24N6O/c1-26-20-8-6-19(7-9-20)25(10-11-25)31-18-27-16-21(31)17-29-12-14-30(15-13-29)24-28-22-4-2-3-5-23(22)32-24/h2-9,16,18H,10-15,17H2. The Labute approximate surface area is 186 Å². The molecular weight excluding hydrogens is 400 g/mol. The number of rotatable bonds is 5. The summed E-state index contributed by atoms with van der Waals surface area (Å²) in [5.41, 5.74) is 4.94. The van der Waals surface area contributed by atoms with Gasteiger partial charge in [0.1, 0.15) is 5.52 Å². The third kappa shape index (κ3) is 3.24. The molecule has 2 aromatic carbocycles. The highest BCUT2D eigenvalue weighted by Crippen LogP contribution is 2.50. The maximum Gasteiger partial charge on any atom is 0.298 e. The Morgan fingerprint density at radius 2 is 1.78 bits per heavy atom. The monoisotopic (exact) mass is 424 g/mol. The predicted molar refractivity (Wildman–Crippen MR) is 123 cm³/mol. The lowest BCUT2D eigenvalue weighted by Gasteiger charge is -2.34. The molecule has 1 saturated heterocycles. The minimum absolute atomic E-state index is 0.00753. The van der Waals surface area contributed by atoms with Gasteiger partial charge in [0, 0.05) is 38.9 Å². The van der Waals surface area contributed by atoms with E-state index in [0.29, 0.717) is 5.69 Å². The van der Waals surface area contributed by atoms with E-state index in [1.165, 1.54) is 11.3 Å². The van der Waals surface area contributed by atoms with Crippen molar-refractivity contribution < 1.29 is 4.42 Å². The number of oxazole rings is 1. The van der Waals surface area contributed by atoms with Crippen LogP contribution in [-0.4, -0.2) is 45.6 Å². The minimum atomic E-state index is -0.00753. The van der Waals surface area contributed by atoms with Gasteiger partial charge in [-0.2, -0.15) is 4.98 Å². The molecule has 0 amide bonds. The summed E-state index contributed by atoms with van der Waals surface area (Å²) >= 11 is 0. The molecule has 0 atom stereocenters. The van der Waals surface area contributed by atoms with Gasteiger partial charge < -0.3 is 13.9 Å². The fraction of sp³-hybridized carbons (Fsp3) is 0.320. The first-order valence-electron chi connectivity index (χ1n) is 11.1. The van der Waals surface area contributed by atoms with E-state index < -0.39 is 0 Å². The van der Waals surface area contributed by atoms with Crippen molar-refractivity contribution in [2.75, 3.05) is 31.1 Å². The summed E-state index contributed by atoms with van der Waals surface area (Å²) < 4.78 is 8.30. The number of hydrogen-bond donors (Lipinski definition) is 0. The smallest absolute Gasteiger partial charge is 0.298 e. The summed E-state index contributed by atoms with van der Waals surface area (Å²) in [6.07, 6.45) is 6.19. The molecule has 0 unspecified atom stereocenters. The highest BCUT2D eigenvalue weighted by Gasteiger charge is 2.47. The first kappa shape index (κ1) is 19.1. The van der Waals surface area contributed by atoms with Crippen LogP contribution in [0.2, 0.25) is 0 Å². The van der Waals surface area contributed by atoms with Gasteiger partial charge in [-0.05, 0) is 30.5 Å². The van der Waals surface area contributed by atoms with Crippen molar-refractivity contribution in [2.24, 2.45) is 0 Å². The van der Waals surface area contributed by atoms with Crippen molar-refractivity contribution in [2.45, 2.75) is 24.9 Å². The average molecular weight is 425 g/mol. The Morgan fingerprint density at radius 1 is 1.00 bits per heavy atom. The summed E-state index contributed by atoms with van der Waals surface area (Å²) in [5.74, 6) is 0. The second kappa shape index (κ2) is 7.50. The zero-order valence-electron chi connectivity index (χ0n) is 17.8. The molecule has 2 aliphatic rings. The normalized spacial score (nSPS) is 18.0. The van der Waals surface area contributed by atoms with Gasteiger partial charge >= 0.3 is 0 Å². The first-order chi connectivity index (χ1) is 15.7. The summed E-state index contributed by atoms with van der Waals surface area (Å²) in [6, 6.07) is 16.7. The van der Waals surface area contributed by atoms with Gasteiger partial charge in [-0.15, -0.1) is 0 Å². The molecular formula is C25H24N6O. The molecule has 4 aromatic rings. The number of aromatic nitrogens is 3. The number of piperazine rings is 1. The molecule has 2 fully saturated rings. The van der Waals surface area contributed by atoms with E-state index in [0.717, 1.165) is 62.7 Å². The molecule has 3 heterocycles. The lowest BCUT2D eigenvalue weighted by Crippen LogP contribution is -2.46. The maximum absolute atomic E-state index is 7.19. The topological polar surface area (TPSA) is 54.7 Å². The number of fused-ring (bicyclic) bond motifs is 1. The van der Waals surface area contributed by atoms with E-state index in [9.17, 15) is 0 Å². The molecule has 1 aliphatic carbocycles. The van der Waals surface area contributed by atoms with Gasteiger partial charge in [-0.1, -0.05) is 36.4 Å². The molecule has 6 rings (SSSR count). The van der Waals surface area contributed by atoms with Crippen LogP contribution in [0.1, 0.15) is 24.1 Å². The van der Waals surface area contributed by atoms with Crippen LogP contribution in [0.4, 0.5) is 11.7 Å². The largest absolute Gasteiger partial charge is 0.423 e. The Hall–Kier alpha value is -3.63. The highest BCUT2D eigenvalue weighted by molar-refractivity contribution is 5.74. The van der Waals surface area contributed by atoms with Crippen LogP contribution in [0.3, 0.4) is 0 Å². The maximum atomic E-state index is 7.19. The quantitative estimate of drug-likeness (QED) is 0.444. The van der Waals surface area contributed by atoms with Crippen LogP contribution < -0.4 is 4.90 Å². The molecule has 7 nitrogen and oxygen atoms in total. The van der Waals surface area contributed by atoms with E-state index in [1.54, 1.807) is 0 Å². The van der Waals surface area contributed by atoms with Crippen LogP contribution in [0.25, 0.3) is 15.9 Å². The van der Waals surface area contributed by atoms with Crippen molar-refractivity contribution in [1.29, 1.82) is 0 Å². The van der Waals surface area contributed by atoms with Crippen molar-refractivity contribution in [3.63, 3.8) is 0 Å². The van der Waals surface area contributed by atoms with Crippen LogP contribution in [0.5, 0.6) is 0 Å². The Morgan fingerprint density at radius 3 is 2.50 bits per heavy atom. The number of hydrogen-bond acceptors (Lipinski definition) is 5. The van der Waals surface area contributed by atoms with Crippen LogP contribution in [0, 0.1) is 6.57 Å². The Kier molecular flexibility index (Phi) is 4.47. The molecule has 7 heteroatoms. The average Bonchev–Trinajstić information content (AvgIpc) is 3.30. The van der Waals surface area contributed by atoms with Gasteiger partial charge in [0.25, 0.3) is 6.01 Å². The summed E-state index contributed by atoms with van der Waals surface area (Å²) in [4.78, 5) is 17.4. The predicted octanol–water partition coefficient (Wildman–Crippen LogP) is 4.43. The van der Waals surface area contributed by atoms with Crippen LogP contribution in [-0.2, 0) is 12.1 Å². The second-order valence-corrected chi connectivity index (χ2v) is 8.67. The molecule has 32 heavy (non-hydrogen) atoms. The molecule has 1 saturated carbocycles. The number of benzene rings is 2. The molecule has 0 radical (unpaired) electrons. The second-order valence-electron chi connectivity index (χ2n) is 8.67. The number of anilines is 1. The zero-order valence-corrected chi connectivity index (χ0v) is 17.8. The number of nitrogens with zero attached hydrogens (tertiary/aromatic N) is 6. The van der Waals surface area contributed by atoms with Crippen molar-refractivity contribution in [3.05, 3.63) is 83.7 Å². The Balaban J connectivity index is 1.15. The van der Waals surface area contributed by atoms with Crippen molar-refractivity contribution >= 4 is 22.8 Å². The molecule has 160 valence electrons. The van der Waals surface area contributed by atoms with E-state index in [1.807, 2.05) is 48.9 Å². The van der Waals surface area contributed by atoms with E-state index in [4.69, 9.17) is 11.0 Å². The van der Waals surface area contributed by atoms with Crippen molar-refractivity contribution in [3.8, 4) is 0 Å². The van der Waals surface area contributed by atoms with Gasteiger partial charge in [-0.3, -0.25) is 4.90 Å². The minimum Gasteiger partial charge on any atom is -0.423 e. The summed E-state index contributed by atoms with van der Waals surface area (Å²) in [6.45, 7) is 11.8. The van der Waals surface area contributed by atoms with Gasteiger partial charge in [0.2, 0.25) is 0 Å². The van der Waals surface area contributed by atoms with E-state index >= 15 is 0 Å². The van der Waals surface area contributed by atoms with Crippen molar-refractivity contribution in [1.82, 2.24) is 19.4 Å². The summed E-state index contributed by atoms with van der Waals surface area (Å²) in [5, 5.41) is 0. The molecule has 1 aliphatic heterocycles. The molecule has 0 bridgehead atoms. The third-order valence-corrected chi connectivity index (χ3v) is 6.74. The van der Waals surface area contributed by atoms with Crippen LogP contribution >= 0.6 is 0 Å². The van der Waals surface area contributed by atoms with Gasteiger partial charge in [0.05, 0.1) is 24.1 Å². The van der Waals surface area contributed by atoms with Gasteiger partial charge in [-0.25, -0.2) is 9.83 Å². The lowest BCUT2D eigenvalue weighted by atomic mass is 10.0. The number of para-hydroxylation sites is 2. The molecule has 0 N–H and O–H groups in total. The number of imidazole rings is 1. The van der Waals surface area contributed by atoms with E-state index in [-0.39, 0.29) is 5.54 Å². The lowest BCUT2D eigenvalue weighted by molar-refractivity contribution is 0.238. The fourth-order valence-electron chi connectivity index (χ4n) is 4.78. The Bertz CT molecular complexity index is 1250. The van der Waals surface area contributed by atoms with Gasteiger partial charge in [0.15, 0.2) is 11.3 Å². The fourth-order valence-corrected chi connectivity index (χ4v) is 4.78.